The quantitative estimate of drug-likeness (QED) is 0.538. The molecule has 0 N–H and O–H groups in total. The van der Waals surface area contributed by atoms with Gasteiger partial charge in [-0.1, -0.05) is 23.8 Å². The maximum absolute atomic E-state index is 6.01. The third-order valence-electron chi connectivity index (χ3n) is 2.89. The summed E-state index contributed by atoms with van der Waals surface area (Å²) in [6.07, 6.45) is 6.17. The third kappa shape index (κ3) is 1.53. The first-order chi connectivity index (χ1) is 6.18. The molecule has 1 heterocycles. The van der Waals surface area contributed by atoms with E-state index in [0.29, 0.717) is 5.92 Å². The zero-order valence-electron chi connectivity index (χ0n) is 7.89. The summed E-state index contributed by atoms with van der Waals surface area (Å²) in [6.45, 7) is 5.20. The van der Waals surface area contributed by atoms with Gasteiger partial charge in [0.2, 0.25) is 0 Å². The number of halogens is 1. The van der Waals surface area contributed by atoms with Crippen molar-refractivity contribution in [3.05, 3.63) is 35.0 Å². The van der Waals surface area contributed by atoms with Crippen molar-refractivity contribution in [1.82, 2.24) is 4.90 Å². The van der Waals surface area contributed by atoms with Crippen LogP contribution >= 0.6 is 11.6 Å². The van der Waals surface area contributed by atoms with Gasteiger partial charge in [0.15, 0.2) is 0 Å². The Morgan fingerprint density at radius 1 is 1.54 bits per heavy atom. The van der Waals surface area contributed by atoms with Crippen LogP contribution in [0.4, 0.5) is 0 Å². The zero-order chi connectivity index (χ0) is 9.42. The number of allylic oxidation sites excluding steroid dienone is 4. The highest BCUT2D eigenvalue weighted by molar-refractivity contribution is 6.29. The highest BCUT2D eigenvalue weighted by atomic mass is 35.5. The molecule has 0 spiro atoms. The van der Waals surface area contributed by atoms with E-state index in [0.717, 1.165) is 24.4 Å². The van der Waals surface area contributed by atoms with E-state index >= 15 is 0 Å². The number of fused-ring (bicyclic) bond motifs is 1. The molecule has 0 amide bonds. The fourth-order valence-electron chi connectivity index (χ4n) is 2.02. The van der Waals surface area contributed by atoms with Crippen LogP contribution in [0.2, 0.25) is 0 Å². The molecule has 0 aromatic rings. The Kier molecular flexibility index (Phi) is 2.20. The summed E-state index contributed by atoms with van der Waals surface area (Å²) in [5.74, 6) is 0.469. The lowest BCUT2D eigenvalue weighted by Crippen LogP contribution is -2.32. The van der Waals surface area contributed by atoms with Gasteiger partial charge in [0.1, 0.15) is 0 Å². The van der Waals surface area contributed by atoms with Crippen LogP contribution in [-0.4, -0.2) is 18.5 Å². The molecule has 0 bridgehead atoms. The predicted octanol–water partition coefficient (Wildman–Crippen LogP) is 2.90. The van der Waals surface area contributed by atoms with Crippen molar-refractivity contribution in [2.24, 2.45) is 5.92 Å². The standard InChI is InChI=1S/C11H14ClN/c1-8-5-6-13(2)11-4-3-9(12)7-10(8)11/h3-4,10H,1,5-7H2,2H3. The minimum Gasteiger partial charge on any atom is -0.377 e. The minimum atomic E-state index is 0.469. The molecule has 1 nitrogen and oxygen atoms in total. The Labute approximate surface area is 84.4 Å². The van der Waals surface area contributed by atoms with E-state index in [1.807, 2.05) is 6.08 Å². The average molecular weight is 196 g/mol. The molecule has 0 radical (unpaired) electrons. The van der Waals surface area contributed by atoms with Crippen molar-refractivity contribution < 1.29 is 0 Å². The molecular weight excluding hydrogens is 182 g/mol. The first-order valence-electron chi connectivity index (χ1n) is 4.63. The first kappa shape index (κ1) is 8.89. The van der Waals surface area contributed by atoms with Crippen LogP contribution in [0.25, 0.3) is 0 Å². The summed E-state index contributed by atoms with van der Waals surface area (Å²) >= 11 is 6.01. The summed E-state index contributed by atoms with van der Waals surface area (Å²) in [7, 11) is 2.14. The van der Waals surface area contributed by atoms with Crippen LogP contribution in [0, 0.1) is 5.92 Å². The van der Waals surface area contributed by atoms with Crippen LogP contribution in [0.1, 0.15) is 12.8 Å². The largest absolute Gasteiger partial charge is 0.377 e. The molecule has 1 fully saturated rings. The second-order valence-electron chi connectivity index (χ2n) is 3.79. The normalized spacial score (nSPS) is 28.0. The summed E-state index contributed by atoms with van der Waals surface area (Å²) < 4.78 is 0. The van der Waals surface area contributed by atoms with Gasteiger partial charge in [-0.05, 0) is 25.0 Å². The van der Waals surface area contributed by atoms with E-state index < -0.39 is 0 Å². The van der Waals surface area contributed by atoms with Gasteiger partial charge in [-0.15, -0.1) is 0 Å². The summed E-state index contributed by atoms with van der Waals surface area (Å²) in [5, 5.41) is 0.949. The lowest BCUT2D eigenvalue weighted by molar-refractivity contribution is 0.332. The fraction of sp³-hybridized carbons (Fsp3) is 0.455. The SMILES string of the molecule is C=C1CCN(C)C2=CC=C(Cl)CC12. The van der Waals surface area contributed by atoms with Gasteiger partial charge in [0.05, 0.1) is 0 Å². The fourth-order valence-corrected chi connectivity index (χ4v) is 2.24. The highest BCUT2D eigenvalue weighted by Gasteiger charge is 2.27. The smallest absolute Gasteiger partial charge is 0.0245 e. The Bertz CT molecular complexity index is 301. The molecule has 13 heavy (non-hydrogen) atoms. The van der Waals surface area contributed by atoms with Gasteiger partial charge >= 0.3 is 0 Å². The van der Waals surface area contributed by atoms with E-state index in [1.165, 1.54) is 11.3 Å². The number of nitrogens with zero attached hydrogens (tertiary/aromatic N) is 1. The van der Waals surface area contributed by atoms with Crippen molar-refractivity contribution in [3.8, 4) is 0 Å². The van der Waals surface area contributed by atoms with Gasteiger partial charge in [-0.2, -0.15) is 0 Å². The van der Waals surface area contributed by atoms with Crippen molar-refractivity contribution in [2.45, 2.75) is 12.8 Å². The summed E-state index contributed by atoms with van der Waals surface area (Å²) in [4.78, 5) is 2.30. The van der Waals surface area contributed by atoms with Gasteiger partial charge in [-0.3, -0.25) is 0 Å². The minimum absolute atomic E-state index is 0.469. The van der Waals surface area contributed by atoms with E-state index in [-0.39, 0.29) is 0 Å². The van der Waals surface area contributed by atoms with Gasteiger partial charge in [0, 0.05) is 30.2 Å². The van der Waals surface area contributed by atoms with E-state index in [1.54, 1.807) is 0 Å². The monoisotopic (exact) mass is 195 g/mol. The van der Waals surface area contributed by atoms with Crippen LogP contribution in [-0.2, 0) is 0 Å². The summed E-state index contributed by atoms with van der Waals surface area (Å²) in [5.41, 5.74) is 2.70. The molecule has 1 atom stereocenters. The maximum atomic E-state index is 6.01. The van der Waals surface area contributed by atoms with Crippen molar-refractivity contribution in [2.75, 3.05) is 13.6 Å². The predicted molar refractivity (Wildman–Crippen MR) is 56.5 cm³/mol. The Morgan fingerprint density at radius 3 is 3.08 bits per heavy atom. The number of hydrogen-bond donors (Lipinski definition) is 0. The van der Waals surface area contributed by atoms with Crippen molar-refractivity contribution in [3.63, 3.8) is 0 Å². The van der Waals surface area contributed by atoms with E-state index in [4.69, 9.17) is 11.6 Å². The molecule has 1 aliphatic heterocycles. The van der Waals surface area contributed by atoms with Crippen LogP contribution < -0.4 is 0 Å². The van der Waals surface area contributed by atoms with Crippen LogP contribution in [0.5, 0.6) is 0 Å². The molecule has 2 aliphatic rings. The molecule has 2 heteroatoms. The Balaban J connectivity index is 2.31. The number of piperidine rings is 1. The van der Waals surface area contributed by atoms with Gasteiger partial charge in [0.25, 0.3) is 0 Å². The van der Waals surface area contributed by atoms with E-state index in [2.05, 4.69) is 24.6 Å². The third-order valence-corrected chi connectivity index (χ3v) is 3.17. The molecular formula is C11H14ClN. The Hall–Kier alpha value is -0.690. The molecule has 1 unspecified atom stereocenters. The highest BCUT2D eigenvalue weighted by Crippen LogP contribution is 2.37. The lowest BCUT2D eigenvalue weighted by atomic mass is 9.84. The molecule has 0 aromatic carbocycles. The molecule has 70 valence electrons. The lowest BCUT2D eigenvalue weighted by Gasteiger charge is -2.37. The van der Waals surface area contributed by atoms with Crippen molar-refractivity contribution in [1.29, 1.82) is 0 Å². The van der Waals surface area contributed by atoms with Gasteiger partial charge in [-0.25, -0.2) is 0 Å². The second kappa shape index (κ2) is 3.22. The average Bonchev–Trinajstić information content (AvgIpc) is 2.12. The molecule has 0 aromatic heterocycles. The van der Waals surface area contributed by atoms with Crippen LogP contribution in [0.3, 0.4) is 0 Å². The summed E-state index contributed by atoms with van der Waals surface area (Å²) in [6, 6.07) is 0. The zero-order valence-corrected chi connectivity index (χ0v) is 8.64. The molecule has 2 rings (SSSR count). The molecule has 0 saturated carbocycles. The van der Waals surface area contributed by atoms with E-state index in [9.17, 15) is 0 Å². The second-order valence-corrected chi connectivity index (χ2v) is 4.28. The van der Waals surface area contributed by atoms with Crippen molar-refractivity contribution >= 4 is 11.6 Å². The van der Waals surface area contributed by atoms with Gasteiger partial charge < -0.3 is 4.90 Å². The Morgan fingerprint density at radius 2 is 2.31 bits per heavy atom. The topological polar surface area (TPSA) is 3.24 Å². The number of likely N-dealkylation sites (tertiary alicyclic amines) is 1. The maximum Gasteiger partial charge on any atom is 0.0245 e. The van der Waals surface area contributed by atoms with Crippen LogP contribution in [0.15, 0.2) is 35.0 Å². The molecule has 1 saturated heterocycles. The first-order valence-corrected chi connectivity index (χ1v) is 5.01. The number of rotatable bonds is 0. The number of hydrogen-bond acceptors (Lipinski definition) is 1. The molecule has 1 aliphatic carbocycles.